The van der Waals surface area contributed by atoms with Crippen LogP contribution in [0.15, 0.2) is 18.2 Å². The number of benzene rings is 1. The van der Waals surface area contributed by atoms with Crippen molar-refractivity contribution in [1.29, 1.82) is 0 Å². The van der Waals surface area contributed by atoms with Gasteiger partial charge in [0, 0.05) is 24.6 Å². The fraction of sp³-hybridized carbons (Fsp3) is 0.500. The lowest BCUT2D eigenvalue weighted by Crippen LogP contribution is -2.26. The molecule has 0 aliphatic carbocycles. The molecule has 0 saturated heterocycles. The Morgan fingerprint density at radius 3 is 2.26 bits per heavy atom. The van der Waals surface area contributed by atoms with E-state index >= 15 is 0 Å². The molecule has 1 heterocycles. The Balaban J connectivity index is 2.11. The second-order valence-electron chi connectivity index (χ2n) is 5.32. The molecule has 2 aromatic rings. The van der Waals surface area contributed by atoms with E-state index in [2.05, 4.69) is 33.4 Å². The first-order valence-corrected chi connectivity index (χ1v) is 9.48. The minimum absolute atomic E-state index is 0.572. The van der Waals surface area contributed by atoms with Gasteiger partial charge in [-0.15, -0.1) is 0 Å². The summed E-state index contributed by atoms with van der Waals surface area (Å²) in [7, 11) is 0. The maximum atomic E-state index is 6.18. The maximum Gasteiger partial charge on any atom is 0.239 e. The first-order chi connectivity index (χ1) is 11.2. The van der Waals surface area contributed by atoms with Crippen molar-refractivity contribution in [3.8, 4) is 0 Å². The van der Waals surface area contributed by atoms with Crippen LogP contribution in [0.5, 0.6) is 0 Å². The van der Waals surface area contributed by atoms with E-state index in [0.29, 0.717) is 20.9 Å². The molecule has 0 fully saturated rings. The third-order valence-electron chi connectivity index (χ3n) is 3.46. The topological polar surface area (TPSA) is 41.1 Å². The van der Waals surface area contributed by atoms with Gasteiger partial charge in [0.15, 0.2) is 0 Å². The Bertz CT molecular complexity index is 590. The molecule has 1 aromatic heterocycles. The molecule has 0 atom stereocenters. The Hall–Kier alpha value is -1.04. The molecule has 0 amide bonds. The van der Waals surface area contributed by atoms with Crippen LogP contribution in [0.25, 0.3) is 0 Å². The summed E-state index contributed by atoms with van der Waals surface area (Å²) in [5.41, 5.74) is 0.673. The van der Waals surface area contributed by atoms with Gasteiger partial charge in [0.25, 0.3) is 0 Å². The van der Waals surface area contributed by atoms with Crippen LogP contribution in [0, 0.1) is 0 Å². The highest BCUT2D eigenvalue weighted by Gasteiger charge is 2.14. The number of aromatic nitrogens is 2. The summed E-state index contributed by atoms with van der Waals surface area (Å²) in [6, 6.07) is 5.41. The van der Waals surface area contributed by atoms with Gasteiger partial charge in [0.1, 0.15) is 0 Å². The Morgan fingerprint density at radius 2 is 1.70 bits per heavy atom. The summed E-state index contributed by atoms with van der Waals surface area (Å²) >= 11 is 13.7. The molecule has 0 spiro atoms. The van der Waals surface area contributed by atoms with Gasteiger partial charge in [-0.3, -0.25) is 0 Å². The fourth-order valence-electron chi connectivity index (χ4n) is 2.13. The number of unbranched alkanes of at least 4 members (excludes halogenated alkanes) is 2. The standard InChI is InChI=1S/C16H22Cl2N4S/c1-3-5-10-22(11-6-4-2)15-20-16(23-21-15)19-14-12(17)8-7-9-13(14)18/h7-9H,3-6,10-11H2,1-2H3,(H,19,20,21). The monoisotopic (exact) mass is 372 g/mol. The van der Waals surface area contributed by atoms with Crippen molar-refractivity contribution in [2.24, 2.45) is 0 Å². The summed E-state index contributed by atoms with van der Waals surface area (Å²) in [6.45, 7) is 6.36. The highest BCUT2D eigenvalue weighted by Crippen LogP contribution is 2.33. The van der Waals surface area contributed by atoms with Gasteiger partial charge in [0.2, 0.25) is 11.1 Å². The number of hydrogen-bond acceptors (Lipinski definition) is 5. The summed E-state index contributed by atoms with van der Waals surface area (Å²) in [5, 5.41) is 5.03. The number of hydrogen-bond donors (Lipinski definition) is 1. The molecule has 2 rings (SSSR count). The molecule has 1 N–H and O–H groups in total. The Kier molecular flexibility index (Phi) is 7.40. The van der Waals surface area contributed by atoms with Crippen LogP contribution in [-0.2, 0) is 0 Å². The van der Waals surface area contributed by atoms with Crippen LogP contribution in [-0.4, -0.2) is 22.4 Å². The normalized spacial score (nSPS) is 10.8. The van der Waals surface area contributed by atoms with Gasteiger partial charge >= 0.3 is 0 Å². The average molecular weight is 373 g/mol. The first-order valence-electron chi connectivity index (χ1n) is 7.95. The zero-order valence-corrected chi connectivity index (χ0v) is 15.8. The summed E-state index contributed by atoms with van der Waals surface area (Å²) in [5.74, 6) is 0.780. The van der Waals surface area contributed by atoms with Crippen LogP contribution in [0.3, 0.4) is 0 Å². The molecule has 0 saturated carbocycles. The van der Waals surface area contributed by atoms with E-state index in [0.717, 1.165) is 44.7 Å². The maximum absolute atomic E-state index is 6.18. The molecule has 126 valence electrons. The lowest BCUT2D eigenvalue weighted by Gasteiger charge is -2.20. The smallest absolute Gasteiger partial charge is 0.239 e. The summed E-state index contributed by atoms with van der Waals surface area (Å²) in [6.07, 6.45) is 4.60. The third kappa shape index (κ3) is 5.23. The van der Waals surface area contributed by atoms with Gasteiger partial charge in [-0.1, -0.05) is 56.0 Å². The minimum atomic E-state index is 0.572. The van der Waals surface area contributed by atoms with Crippen LogP contribution < -0.4 is 10.2 Å². The van der Waals surface area contributed by atoms with Crippen LogP contribution in [0.1, 0.15) is 39.5 Å². The number of nitrogens with one attached hydrogen (secondary N) is 1. The highest BCUT2D eigenvalue weighted by atomic mass is 35.5. The number of para-hydroxylation sites is 1. The van der Waals surface area contributed by atoms with Crippen LogP contribution in [0.4, 0.5) is 16.8 Å². The molecule has 0 radical (unpaired) electrons. The van der Waals surface area contributed by atoms with Crippen molar-refractivity contribution in [2.45, 2.75) is 39.5 Å². The van der Waals surface area contributed by atoms with Gasteiger partial charge in [-0.2, -0.15) is 9.36 Å². The molecule has 0 aliphatic heterocycles. The number of rotatable bonds is 9. The zero-order chi connectivity index (χ0) is 16.7. The van der Waals surface area contributed by atoms with E-state index in [1.54, 1.807) is 12.1 Å². The van der Waals surface area contributed by atoms with Crippen LogP contribution in [0.2, 0.25) is 10.0 Å². The van der Waals surface area contributed by atoms with E-state index in [4.69, 9.17) is 23.2 Å². The Morgan fingerprint density at radius 1 is 1.09 bits per heavy atom. The van der Waals surface area contributed by atoms with Crippen LogP contribution >= 0.6 is 34.7 Å². The van der Waals surface area contributed by atoms with Gasteiger partial charge < -0.3 is 10.2 Å². The van der Waals surface area contributed by atoms with E-state index in [9.17, 15) is 0 Å². The van der Waals surface area contributed by atoms with Gasteiger partial charge in [-0.05, 0) is 25.0 Å². The fourth-order valence-corrected chi connectivity index (χ4v) is 3.22. The van der Waals surface area contributed by atoms with Gasteiger partial charge in [-0.25, -0.2) is 0 Å². The van der Waals surface area contributed by atoms with E-state index < -0.39 is 0 Å². The molecule has 0 unspecified atom stereocenters. The van der Waals surface area contributed by atoms with Crippen molar-refractivity contribution >= 4 is 51.5 Å². The highest BCUT2D eigenvalue weighted by molar-refractivity contribution is 7.10. The molecule has 4 nitrogen and oxygen atoms in total. The third-order valence-corrected chi connectivity index (χ3v) is 4.71. The van der Waals surface area contributed by atoms with Crippen molar-refractivity contribution < 1.29 is 0 Å². The minimum Gasteiger partial charge on any atom is -0.340 e. The van der Waals surface area contributed by atoms with Crippen molar-refractivity contribution in [3.63, 3.8) is 0 Å². The van der Waals surface area contributed by atoms with Crippen molar-refractivity contribution in [2.75, 3.05) is 23.3 Å². The van der Waals surface area contributed by atoms with E-state index in [1.807, 2.05) is 6.07 Å². The zero-order valence-electron chi connectivity index (χ0n) is 13.5. The van der Waals surface area contributed by atoms with E-state index in [-0.39, 0.29) is 0 Å². The number of halogens is 2. The lowest BCUT2D eigenvalue weighted by molar-refractivity contribution is 0.667. The molecule has 7 heteroatoms. The van der Waals surface area contributed by atoms with Crippen molar-refractivity contribution in [3.05, 3.63) is 28.2 Å². The largest absolute Gasteiger partial charge is 0.340 e. The first kappa shape index (κ1) is 18.3. The predicted molar refractivity (Wildman–Crippen MR) is 102 cm³/mol. The quantitative estimate of drug-likeness (QED) is 0.586. The molecule has 1 aromatic carbocycles. The average Bonchev–Trinajstić information content (AvgIpc) is 3.00. The van der Waals surface area contributed by atoms with Crippen molar-refractivity contribution in [1.82, 2.24) is 9.36 Å². The summed E-state index contributed by atoms with van der Waals surface area (Å²) in [4.78, 5) is 6.85. The molecule has 0 aliphatic rings. The predicted octanol–water partition coefficient (Wildman–Crippen LogP) is 6.00. The SMILES string of the molecule is CCCCN(CCCC)c1nsc(Nc2c(Cl)cccc2Cl)n1. The van der Waals surface area contributed by atoms with Gasteiger partial charge in [0.05, 0.1) is 15.7 Å². The molecular weight excluding hydrogens is 351 g/mol. The Labute approximate surface area is 152 Å². The molecular formula is C16H22Cl2N4S. The summed E-state index contributed by atoms with van der Waals surface area (Å²) < 4.78 is 4.49. The lowest BCUT2D eigenvalue weighted by atomic mass is 10.3. The second-order valence-corrected chi connectivity index (χ2v) is 6.88. The molecule has 23 heavy (non-hydrogen) atoms. The number of nitrogens with zero attached hydrogens (tertiary/aromatic N) is 3. The second kappa shape index (κ2) is 9.30. The number of anilines is 3. The van der Waals surface area contributed by atoms with E-state index in [1.165, 1.54) is 11.5 Å². The molecule has 0 bridgehead atoms.